The molecular formula is C25H31N3O3. The zero-order chi connectivity index (χ0) is 21.5. The molecule has 6 nitrogen and oxygen atoms in total. The molecule has 0 aliphatic carbocycles. The Kier molecular flexibility index (Phi) is 7.07. The molecule has 0 aromatic heterocycles. The van der Waals surface area contributed by atoms with Gasteiger partial charge in [-0.05, 0) is 48.9 Å². The molecule has 0 unspecified atom stereocenters. The summed E-state index contributed by atoms with van der Waals surface area (Å²) in [5.74, 6) is 0.841. The van der Waals surface area contributed by atoms with Crippen molar-refractivity contribution in [2.75, 3.05) is 26.2 Å². The fraction of sp³-hybridized carbons (Fsp3) is 0.440. The van der Waals surface area contributed by atoms with Gasteiger partial charge < -0.3 is 19.9 Å². The fourth-order valence-corrected chi connectivity index (χ4v) is 4.26. The maximum Gasteiger partial charge on any atom is 0.319 e. The molecule has 0 spiro atoms. The molecule has 0 saturated carbocycles. The van der Waals surface area contributed by atoms with Gasteiger partial charge in [0.15, 0.2) is 0 Å². The van der Waals surface area contributed by atoms with Crippen LogP contribution < -0.4 is 10.1 Å². The van der Waals surface area contributed by atoms with Crippen LogP contribution in [-0.2, 0) is 17.9 Å². The molecule has 31 heavy (non-hydrogen) atoms. The average molecular weight is 422 g/mol. The lowest BCUT2D eigenvalue weighted by Crippen LogP contribution is -2.47. The van der Waals surface area contributed by atoms with Crippen molar-refractivity contribution >= 4 is 11.9 Å². The second-order valence-corrected chi connectivity index (χ2v) is 8.38. The topological polar surface area (TPSA) is 61.9 Å². The van der Waals surface area contributed by atoms with Crippen molar-refractivity contribution < 1.29 is 14.3 Å². The number of piperidine rings is 1. The Bertz CT molecular complexity index is 873. The third kappa shape index (κ3) is 5.78. The van der Waals surface area contributed by atoms with Gasteiger partial charge in [-0.25, -0.2) is 4.79 Å². The highest BCUT2D eigenvalue weighted by Gasteiger charge is 2.30. The molecule has 0 radical (unpaired) electrons. The summed E-state index contributed by atoms with van der Waals surface area (Å²) in [6.07, 6.45) is 3.66. The number of benzene rings is 2. The molecular weight excluding hydrogens is 390 g/mol. The highest BCUT2D eigenvalue weighted by molar-refractivity contribution is 5.79. The van der Waals surface area contributed by atoms with E-state index in [4.69, 9.17) is 4.74 Å². The van der Waals surface area contributed by atoms with Crippen LogP contribution in [0.25, 0.3) is 0 Å². The van der Waals surface area contributed by atoms with Gasteiger partial charge in [-0.1, -0.05) is 42.5 Å². The Hall–Kier alpha value is -3.02. The van der Waals surface area contributed by atoms with E-state index >= 15 is 0 Å². The van der Waals surface area contributed by atoms with E-state index in [0.717, 1.165) is 55.6 Å². The number of carbonyl (C=O) groups excluding carboxylic acids is 2. The Labute approximate surface area is 184 Å². The second kappa shape index (κ2) is 10.3. The van der Waals surface area contributed by atoms with Crippen LogP contribution in [-0.4, -0.2) is 47.9 Å². The maximum atomic E-state index is 12.6. The van der Waals surface area contributed by atoms with Gasteiger partial charge in [-0.15, -0.1) is 0 Å². The number of likely N-dealkylation sites (tertiary alicyclic amines) is 2. The minimum absolute atomic E-state index is 0.0276. The van der Waals surface area contributed by atoms with Crippen LogP contribution in [0.15, 0.2) is 54.6 Å². The summed E-state index contributed by atoms with van der Waals surface area (Å²) in [5.41, 5.74) is 2.14. The van der Waals surface area contributed by atoms with E-state index in [1.807, 2.05) is 64.4 Å². The van der Waals surface area contributed by atoms with E-state index in [1.54, 1.807) is 0 Å². The van der Waals surface area contributed by atoms with Gasteiger partial charge in [0.05, 0.1) is 0 Å². The fourth-order valence-electron chi connectivity index (χ4n) is 4.26. The van der Waals surface area contributed by atoms with Crippen molar-refractivity contribution in [1.82, 2.24) is 15.1 Å². The van der Waals surface area contributed by atoms with Crippen molar-refractivity contribution in [2.24, 2.45) is 5.92 Å². The highest BCUT2D eigenvalue weighted by atomic mass is 16.5. The molecule has 2 aliphatic rings. The number of nitrogens with one attached hydrogen (secondary N) is 1. The number of hydrogen-bond donors (Lipinski definition) is 1. The molecule has 2 aliphatic heterocycles. The minimum Gasteiger partial charge on any atom is -0.489 e. The van der Waals surface area contributed by atoms with Crippen LogP contribution >= 0.6 is 0 Å². The molecule has 0 bridgehead atoms. The van der Waals surface area contributed by atoms with Crippen LogP contribution in [0.1, 0.15) is 36.8 Å². The number of nitrogens with zero attached hydrogens (tertiary/aromatic N) is 2. The van der Waals surface area contributed by atoms with E-state index < -0.39 is 0 Å². The quantitative estimate of drug-likeness (QED) is 0.772. The van der Waals surface area contributed by atoms with Crippen LogP contribution in [0.4, 0.5) is 4.79 Å². The number of urea groups is 1. The smallest absolute Gasteiger partial charge is 0.319 e. The summed E-state index contributed by atoms with van der Waals surface area (Å²) in [4.78, 5) is 29.0. The van der Waals surface area contributed by atoms with Gasteiger partial charge in [-0.3, -0.25) is 4.79 Å². The number of hydrogen-bond acceptors (Lipinski definition) is 3. The average Bonchev–Trinajstić information content (AvgIpc) is 3.37. The van der Waals surface area contributed by atoms with Gasteiger partial charge in [0.2, 0.25) is 5.91 Å². The SMILES string of the molecule is O=C(NCc1cccc(OCc2ccccc2)c1)C1CCN(C(=O)N2CCCC2)CC1. The molecule has 0 atom stereocenters. The Balaban J connectivity index is 1.21. The summed E-state index contributed by atoms with van der Waals surface area (Å²) in [6.45, 7) is 4.06. The van der Waals surface area contributed by atoms with Crippen molar-refractivity contribution in [3.8, 4) is 5.75 Å². The normalized spacial score (nSPS) is 16.9. The molecule has 164 valence electrons. The van der Waals surface area contributed by atoms with E-state index in [9.17, 15) is 9.59 Å². The summed E-state index contributed by atoms with van der Waals surface area (Å²) in [5, 5.41) is 3.06. The van der Waals surface area contributed by atoms with Gasteiger partial charge in [0.1, 0.15) is 12.4 Å². The van der Waals surface area contributed by atoms with Crippen LogP contribution in [0.3, 0.4) is 0 Å². The van der Waals surface area contributed by atoms with Crippen LogP contribution in [0.2, 0.25) is 0 Å². The third-order valence-corrected chi connectivity index (χ3v) is 6.13. The summed E-state index contributed by atoms with van der Waals surface area (Å²) < 4.78 is 5.88. The molecule has 2 saturated heterocycles. The number of ether oxygens (including phenoxy) is 1. The molecule has 4 rings (SSSR count). The first kappa shape index (κ1) is 21.2. The summed E-state index contributed by atoms with van der Waals surface area (Å²) in [7, 11) is 0. The molecule has 2 fully saturated rings. The third-order valence-electron chi connectivity index (χ3n) is 6.13. The molecule has 6 heteroatoms. The first-order chi connectivity index (χ1) is 15.2. The van der Waals surface area contributed by atoms with Crippen LogP contribution in [0.5, 0.6) is 5.75 Å². The largest absolute Gasteiger partial charge is 0.489 e. The van der Waals surface area contributed by atoms with E-state index in [2.05, 4.69) is 5.32 Å². The van der Waals surface area contributed by atoms with Crippen molar-refractivity contribution in [3.63, 3.8) is 0 Å². The molecule has 1 N–H and O–H groups in total. The van der Waals surface area contributed by atoms with Crippen LogP contribution in [0, 0.1) is 5.92 Å². The van der Waals surface area contributed by atoms with Crippen molar-refractivity contribution in [3.05, 3.63) is 65.7 Å². The Morgan fingerprint density at radius 3 is 2.29 bits per heavy atom. The number of carbonyl (C=O) groups is 2. The predicted octanol–water partition coefficient (Wildman–Crippen LogP) is 3.81. The van der Waals surface area contributed by atoms with Gasteiger partial charge in [0.25, 0.3) is 0 Å². The van der Waals surface area contributed by atoms with E-state index in [-0.39, 0.29) is 17.9 Å². The van der Waals surface area contributed by atoms with E-state index in [0.29, 0.717) is 26.2 Å². The maximum absolute atomic E-state index is 12.6. The first-order valence-corrected chi connectivity index (χ1v) is 11.3. The zero-order valence-electron chi connectivity index (χ0n) is 18.0. The molecule has 2 aromatic rings. The lowest BCUT2D eigenvalue weighted by molar-refractivity contribution is -0.126. The predicted molar refractivity (Wildman–Crippen MR) is 120 cm³/mol. The highest BCUT2D eigenvalue weighted by Crippen LogP contribution is 2.21. The lowest BCUT2D eigenvalue weighted by atomic mass is 9.96. The van der Waals surface area contributed by atoms with Gasteiger partial charge in [0, 0.05) is 38.6 Å². The van der Waals surface area contributed by atoms with Crippen molar-refractivity contribution in [1.29, 1.82) is 0 Å². The Morgan fingerprint density at radius 1 is 0.871 bits per heavy atom. The number of amides is 3. The number of rotatable bonds is 6. The lowest BCUT2D eigenvalue weighted by Gasteiger charge is -2.34. The summed E-state index contributed by atoms with van der Waals surface area (Å²) >= 11 is 0. The zero-order valence-corrected chi connectivity index (χ0v) is 18.0. The van der Waals surface area contributed by atoms with Crippen molar-refractivity contribution in [2.45, 2.75) is 38.8 Å². The van der Waals surface area contributed by atoms with E-state index in [1.165, 1.54) is 0 Å². The first-order valence-electron chi connectivity index (χ1n) is 11.3. The summed E-state index contributed by atoms with van der Waals surface area (Å²) in [6, 6.07) is 18.0. The van der Waals surface area contributed by atoms with Gasteiger partial charge in [-0.2, -0.15) is 0 Å². The second-order valence-electron chi connectivity index (χ2n) is 8.38. The molecule has 2 aromatic carbocycles. The van der Waals surface area contributed by atoms with Gasteiger partial charge >= 0.3 is 6.03 Å². The minimum atomic E-state index is -0.0276. The molecule has 2 heterocycles. The Morgan fingerprint density at radius 2 is 1.55 bits per heavy atom. The molecule has 3 amide bonds. The monoisotopic (exact) mass is 421 g/mol. The standard InChI is InChI=1S/C25H31N3O3/c29-24(22-11-15-28(16-12-22)25(30)27-13-4-5-14-27)26-18-21-9-6-10-23(17-21)31-19-20-7-2-1-3-8-20/h1-3,6-10,17,22H,4-5,11-16,18-19H2,(H,26,29).